The number of methoxy groups -OCH3 is 1. The molecule has 92 valence electrons. The lowest BCUT2D eigenvalue weighted by atomic mass is 9.93. The van der Waals surface area contributed by atoms with Crippen molar-refractivity contribution < 1.29 is 19.6 Å². The molecule has 0 aliphatic carbocycles. The third-order valence-electron chi connectivity index (χ3n) is 2.56. The molecule has 0 saturated carbocycles. The van der Waals surface area contributed by atoms with Crippen LogP contribution in [-0.4, -0.2) is 29.2 Å². The van der Waals surface area contributed by atoms with Gasteiger partial charge in [0.1, 0.15) is 11.7 Å². The molecule has 1 rings (SSSR count). The fraction of sp³-hybridized carbons (Fsp3) is 0.364. The fourth-order valence-electron chi connectivity index (χ4n) is 1.56. The van der Waals surface area contributed by atoms with E-state index in [2.05, 4.69) is 0 Å². The van der Waals surface area contributed by atoms with Crippen molar-refractivity contribution in [1.29, 1.82) is 0 Å². The summed E-state index contributed by atoms with van der Waals surface area (Å²) in [6.45, 7) is 1.28. The molecule has 2 atom stereocenters. The first-order chi connectivity index (χ1) is 7.97. The van der Waals surface area contributed by atoms with Gasteiger partial charge in [0, 0.05) is 11.8 Å². The zero-order valence-corrected chi connectivity index (χ0v) is 9.49. The van der Waals surface area contributed by atoms with Gasteiger partial charge in [0.05, 0.1) is 7.11 Å². The van der Waals surface area contributed by atoms with Crippen LogP contribution >= 0.6 is 0 Å². The Labute approximate surface area is 98.0 Å². The van der Waals surface area contributed by atoms with Gasteiger partial charge in [-0.15, -0.1) is 0 Å². The largest absolute Gasteiger partial charge is 0.497 e. The third-order valence-corrected chi connectivity index (χ3v) is 2.56. The second-order valence-electron chi connectivity index (χ2n) is 3.62. The average Bonchev–Trinajstić information content (AvgIpc) is 2.29. The van der Waals surface area contributed by atoms with Crippen LogP contribution in [0.25, 0.3) is 0 Å². The lowest BCUT2D eigenvalue weighted by molar-refractivity contribution is -0.520. The van der Waals surface area contributed by atoms with Crippen molar-refractivity contribution in [2.75, 3.05) is 7.11 Å². The highest BCUT2D eigenvalue weighted by molar-refractivity contribution is 5.76. The molecule has 1 N–H and O–H groups in total. The summed E-state index contributed by atoms with van der Waals surface area (Å²) in [6.07, 6.45) is 0. The van der Waals surface area contributed by atoms with Gasteiger partial charge < -0.3 is 9.84 Å². The molecule has 0 fully saturated rings. The van der Waals surface area contributed by atoms with E-state index in [0.717, 1.165) is 0 Å². The van der Waals surface area contributed by atoms with Crippen LogP contribution in [-0.2, 0) is 4.79 Å². The predicted octanol–water partition coefficient (Wildman–Crippen LogP) is 1.53. The maximum absolute atomic E-state index is 11.1. The molecular weight excluding hydrogens is 226 g/mol. The molecule has 0 bridgehead atoms. The lowest BCUT2D eigenvalue weighted by Crippen LogP contribution is -2.30. The highest BCUT2D eigenvalue weighted by atomic mass is 16.6. The summed E-state index contributed by atoms with van der Waals surface area (Å²) in [5.74, 6) is -1.79. The third kappa shape index (κ3) is 2.93. The Balaban J connectivity index is 3.05. The van der Waals surface area contributed by atoms with Crippen LogP contribution in [0.3, 0.4) is 0 Å². The van der Waals surface area contributed by atoms with Crippen LogP contribution in [0.15, 0.2) is 24.3 Å². The zero-order valence-electron chi connectivity index (χ0n) is 9.49. The number of hydrogen-bond donors (Lipinski definition) is 1. The van der Waals surface area contributed by atoms with Gasteiger partial charge >= 0.3 is 5.97 Å². The van der Waals surface area contributed by atoms with Crippen LogP contribution in [0.2, 0.25) is 0 Å². The van der Waals surface area contributed by atoms with E-state index >= 15 is 0 Å². The number of carboxylic acid groups (broad SMARTS) is 1. The standard InChI is InChI=1S/C11H13NO5/c1-7(12(15)16)10(11(13)14)8-3-5-9(17-2)6-4-8/h3-7,10H,1-2H3,(H,13,14). The van der Waals surface area contributed by atoms with Crippen molar-refractivity contribution in [2.24, 2.45) is 0 Å². The number of hydrogen-bond acceptors (Lipinski definition) is 4. The molecule has 0 saturated heterocycles. The highest BCUT2D eigenvalue weighted by Gasteiger charge is 2.34. The summed E-state index contributed by atoms with van der Waals surface area (Å²) in [5.41, 5.74) is 0.391. The van der Waals surface area contributed by atoms with E-state index in [9.17, 15) is 14.9 Å². The van der Waals surface area contributed by atoms with Gasteiger partial charge in [0.25, 0.3) is 0 Å². The molecule has 2 unspecified atom stereocenters. The maximum atomic E-state index is 11.1. The molecule has 1 aromatic rings. The summed E-state index contributed by atoms with van der Waals surface area (Å²) in [7, 11) is 1.49. The van der Waals surface area contributed by atoms with E-state index in [4.69, 9.17) is 9.84 Å². The molecule has 0 heterocycles. The van der Waals surface area contributed by atoms with Gasteiger partial charge in [-0.3, -0.25) is 14.9 Å². The number of nitro groups is 1. The van der Waals surface area contributed by atoms with Gasteiger partial charge in [-0.05, 0) is 17.7 Å². The Kier molecular flexibility index (Phi) is 4.03. The molecule has 0 aliphatic heterocycles. The zero-order chi connectivity index (χ0) is 13.0. The second kappa shape index (κ2) is 5.29. The van der Waals surface area contributed by atoms with Crippen molar-refractivity contribution >= 4 is 5.97 Å². The van der Waals surface area contributed by atoms with Crippen LogP contribution in [0.4, 0.5) is 0 Å². The number of ether oxygens (including phenoxy) is 1. The Morgan fingerprint density at radius 2 is 1.94 bits per heavy atom. The normalized spacial score (nSPS) is 13.8. The number of carbonyl (C=O) groups is 1. The van der Waals surface area contributed by atoms with Crippen molar-refractivity contribution in [3.05, 3.63) is 39.9 Å². The molecule has 1 aromatic carbocycles. The van der Waals surface area contributed by atoms with Crippen molar-refractivity contribution in [3.8, 4) is 5.75 Å². The molecule has 0 radical (unpaired) electrons. The minimum absolute atomic E-state index is 0.391. The smallest absolute Gasteiger partial charge is 0.318 e. The van der Waals surface area contributed by atoms with Crippen molar-refractivity contribution in [1.82, 2.24) is 0 Å². The minimum atomic E-state index is -1.21. The van der Waals surface area contributed by atoms with Gasteiger partial charge in [0.15, 0.2) is 0 Å². The molecule has 6 nitrogen and oxygen atoms in total. The van der Waals surface area contributed by atoms with Crippen LogP contribution in [0, 0.1) is 10.1 Å². The van der Waals surface area contributed by atoms with Crippen molar-refractivity contribution in [3.63, 3.8) is 0 Å². The maximum Gasteiger partial charge on any atom is 0.318 e. The van der Waals surface area contributed by atoms with Crippen LogP contribution in [0.5, 0.6) is 5.75 Å². The highest BCUT2D eigenvalue weighted by Crippen LogP contribution is 2.24. The summed E-state index contributed by atoms with van der Waals surface area (Å²) in [5, 5.41) is 19.7. The summed E-state index contributed by atoms with van der Waals surface area (Å²) >= 11 is 0. The van der Waals surface area contributed by atoms with E-state index in [1.165, 1.54) is 26.2 Å². The molecular formula is C11H13NO5. The predicted molar refractivity (Wildman–Crippen MR) is 59.8 cm³/mol. The van der Waals surface area contributed by atoms with E-state index in [-0.39, 0.29) is 0 Å². The van der Waals surface area contributed by atoms with Crippen LogP contribution in [0.1, 0.15) is 18.4 Å². The molecule has 6 heteroatoms. The number of nitrogens with zero attached hydrogens (tertiary/aromatic N) is 1. The van der Waals surface area contributed by atoms with Gasteiger partial charge in [-0.2, -0.15) is 0 Å². The Bertz CT molecular complexity index is 414. The summed E-state index contributed by atoms with van der Waals surface area (Å²) in [4.78, 5) is 21.1. The minimum Gasteiger partial charge on any atom is -0.497 e. The fourth-order valence-corrected chi connectivity index (χ4v) is 1.56. The first kappa shape index (κ1) is 13.0. The van der Waals surface area contributed by atoms with E-state index in [1.807, 2.05) is 0 Å². The van der Waals surface area contributed by atoms with Crippen LogP contribution < -0.4 is 4.74 Å². The molecule has 0 amide bonds. The van der Waals surface area contributed by atoms with Gasteiger partial charge in [0.2, 0.25) is 6.04 Å². The SMILES string of the molecule is COc1ccc(C(C(=O)O)C(C)[N+](=O)[O-])cc1. The Morgan fingerprint density at radius 3 is 2.29 bits per heavy atom. The Hall–Kier alpha value is -2.11. The van der Waals surface area contributed by atoms with E-state index in [1.54, 1.807) is 12.1 Å². The first-order valence-corrected chi connectivity index (χ1v) is 4.97. The molecule has 0 spiro atoms. The number of aliphatic carboxylic acids is 1. The van der Waals surface area contributed by atoms with Crippen molar-refractivity contribution in [2.45, 2.75) is 18.9 Å². The quantitative estimate of drug-likeness (QED) is 0.621. The Morgan fingerprint density at radius 1 is 1.41 bits per heavy atom. The van der Waals surface area contributed by atoms with Gasteiger partial charge in [-0.1, -0.05) is 12.1 Å². The van der Waals surface area contributed by atoms with Gasteiger partial charge in [-0.25, -0.2) is 0 Å². The van der Waals surface area contributed by atoms with E-state index < -0.39 is 22.9 Å². The summed E-state index contributed by atoms with van der Waals surface area (Å²) < 4.78 is 4.94. The molecule has 17 heavy (non-hydrogen) atoms. The number of benzene rings is 1. The summed E-state index contributed by atoms with van der Waals surface area (Å²) in [6, 6.07) is 5.03. The average molecular weight is 239 g/mol. The molecule has 0 aromatic heterocycles. The topological polar surface area (TPSA) is 89.7 Å². The number of rotatable bonds is 5. The van der Waals surface area contributed by atoms with E-state index in [0.29, 0.717) is 11.3 Å². The second-order valence-corrected chi connectivity index (χ2v) is 3.62. The number of carboxylic acids is 1. The first-order valence-electron chi connectivity index (χ1n) is 4.97. The lowest BCUT2D eigenvalue weighted by Gasteiger charge is -2.14. The molecule has 0 aliphatic rings. The monoisotopic (exact) mass is 239 g/mol.